The van der Waals surface area contributed by atoms with Crippen molar-refractivity contribution in [3.8, 4) is 0 Å². The zero-order valence-corrected chi connectivity index (χ0v) is 18.8. The Morgan fingerprint density at radius 1 is 0.969 bits per heavy atom. The van der Waals surface area contributed by atoms with Gasteiger partial charge in [0.25, 0.3) is 5.91 Å². The minimum absolute atomic E-state index is 0.195. The highest BCUT2D eigenvalue weighted by atomic mass is 16.2. The first-order chi connectivity index (χ1) is 15.4. The van der Waals surface area contributed by atoms with Crippen LogP contribution in [0.3, 0.4) is 0 Å². The van der Waals surface area contributed by atoms with Gasteiger partial charge in [0.15, 0.2) is 12.2 Å². The molecule has 164 valence electrons. The van der Waals surface area contributed by atoms with E-state index in [1.807, 2.05) is 54.4 Å². The first-order valence-electron chi connectivity index (χ1n) is 10.9. The number of amides is 3. The van der Waals surface area contributed by atoms with Gasteiger partial charge >= 0.3 is 6.03 Å². The first kappa shape index (κ1) is 20.3. The highest BCUT2D eigenvalue weighted by molar-refractivity contribution is 6.10. The van der Waals surface area contributed by atoms with E-state index in [2.05, 4.69) is 30.9 Å². The van der Waals surface area contributed by atoms with E-state index in [-0.39, 0.29) is 11.9 Å². The zero-order valence-electron chi connectivity index (χ0n) is 18.8. The highest BCUT2D eigenvalue weighted by Gasteiger charge is 2.54. The monoisotopic (exact) mass is 429 g/mol. The number of anilines is 1. The van der Waals surface area contributed by atoms with Crippen molar-refractivity contribution in [1.82, 2.24) is 14.7 Å². The van der Waals surface area contributed by atoms with E-state index in [0.717, 1.165) is 16.9 Å². The summed E-state index contributed by atoms with van der Waals surface area (Å²) in [5.74, 6) is 0.503. The average molecular weight is 430 g/mol. The van der Waals surface area contributed by atoms with Crippen LogP contribution in [0, 0.1) is 13.8 Å². The van der Waals surface area contributed by atoms with Crippen LogP contribution in [0.1, 0.15) is 23.6 Å². The van der Waals surface area contributed by atoms with E-state index < -0.39 is 12.2 Å². The predicted octanol–water partition coefficient (Wildman–Crippen LogP) is 3.49. The van der Waals surface area contributed by atoms with Crippen molar-refractivity contribution in [3.63, 3.8) is 0 Å². The summed E-state index contributed by atoms with van der Waals surface area (Å²) in [5.41, 5.74) is 5.50. The van der Waals surface area contributed by atoms with Crippen molar-refractivity contribution in [1.29, 1.82) is 0 Å². The van der Waals surface area contributed by atoms with Gasteiger partial charge in [0.05, 0.1) is 5.69 Å². The van der Waals surface area contributed by atoms with Crippen LogP contribution in [-0.2, 0) is 11.2 Å². The Morgan fingerprint density at radius 3 is 2.47 bits per heavy atom. The number of fused-ring (bicyclic) bond motifs is 3. The van der Waals surface area contributed by atoms with Gasteiger partial charge in [-0.1, -0.05) is 42.5 Å². The number of allylic oxidation sites excluding steroid dienone is 1. The maximum Gasteiger partial charge on any atom is 0.328 e. The second-order valence-corrected chi connectivity index (χ2v) is 8.64. The lowest BCUT2D eigenvalue weighted by Crippen LogP contribution is -2.64. The molecule has 0 bridgehead atoms. The molecule has 3 aliphatic heterocycles. The second kappa shape index (κ2) is 7.51. The summed E-state index contributed by atoms with van der Waals surface area (Å²) in [6.45, 7) is 6.55. The summed E-state index contributed by atoms with van der Waals surface area (Å²) in [5, 5.41) is 0. The Bertz CT molecular complexity index is 1160. The fourth-order valence-electron chi connectivity index (χ4n) is 4.72. The second-order valence-electron chi connectivity index (χ2n) is 8.64. The number of urea groups is 1. The molecule has 0 saturated carbocycles. The smallest absolute Gasteiger partial charge is 0.302 e. The topological polar surface area (TPSA) is 59.5 Å². The number of likely N-dealkylation sites (N-methyl/N-ethyl adjacent to an activating group) is 1. The van der Waals surface area contributed by atoms with Crippen molar-refractivity contribution in [2.24, 2.45) is 4.99 Å². The summed E-state index contributed by atoms with van der Waals surface area (Å²) in [6, 6.07) is 15.3. The van der Waals surface area contributed by atoms with Gasteiger partial charge in [0, 0.05) is 25.5 Å². The molecule has 3 amide bonds. The molecule has 3 aliphatic rings. The average Bonchev–Trinajstić information content (AvgIpc) is 3.30. The normalized spacial score (nSPS) is 22.2. The molecule has 2 aromatic carbocycles. The van der Waals surface area contributed by atoms with E-state index in [4.69, 9.17) is 4.99 Å². The molecule has 2 atom stereocenters. The van der Waals surface area contributed by atoms with Gasteiger partial charge < -0.3 is 9.80 Å². The molecular weight excluding hydrogens is 402 g/mol. The molecule has 0 N–H and O–H groups in total. The van der Waals surface area contributed by atoms with Gasteiger partial charge in [0.2, 0.25) is 5.96 Å². The molecule has 0 aromatic heterocycles. The molecule has 1 fully saturated rings. The lowest BCUT2D eigenvalue weighted by atomic mass is 10.1. The standard InChI is InChI=1S/C25H27N5O2/c1-16-9-8-12-20(18(16)3)30-17(2)15-29-21-22(26-24(29)30)27(4)25(32)28(23(21)31)14-13-19-10-6-5-7-11-19/h5-12,15,21-22H,13-14H2,1-4H3. The lowest BCUT2D eigenvalue weighted by molar-refractivity contribution is -0.136. The van der Waals surface area contributed by atoms with Crippen LogP contribution in [-0.4, -0.2) is 58.4 Å². The summed E-state index contributed by atoms with van der Waals surface area (Å²) in [7, 11) is 1.73. The van der Waals surface area contributed by atoms with Crippen LogP contribution in [0.15, 0.2) is 65.4 Å². The fourth-order valence-corrected chi connectivity index (χ4v) is 4.72. The molecule has 5 rings (SSSR count). The number of carbonyl (C=O) groups is 2. The van der Waals surface area contributed by atoms with Crippen molar-refractivity contribution < 1.29 is 9.59 Å². The summed E-state index contributed by atoms with van der Waals surface area (Å²) < 4.78 is 0. The van der Waals surface area contributed by atoms with E-state index >= 15 is 0 Å². The van der Waals surface area contributed by atoms with Gasteiger partial charge in [0.1, 0.15) is 0 Å². The number of rotatable bonds is 4. The van der Waals surface area contributed by atoms with E-state index in [1.54, 1.807) is 11.9 Å². The van der Waals surface area contributed by atoms with Gasteiger partial charge in [-0.2, -0.15) is 0 Å². The molecule has 0 radical (unpaired) electrons. The van der Waals surface area contributed by atoms with Crippen molar-refractivity contribution in [2.75, 3.05) is 18.5 Å². The Kier molecular flexibility index (Phi) is 4.77. The minimum Gasteiger partial charge on any atom is -0.302 e. The number of aryl methyl sites for hydroxylation is 1. The van der Waals surface area contributed by atoms with Crippen LogP contribution in [0.25, 0.3) is 0 Å². The SMILES string of the molecule is CC1=CN2C(=NC3C2C(=O)N(CCc2ccccc2)C(=O)N3C)N1c1cccc(C)c1C. The van der Waals surface area contributed by atoms with E-state index in [9.17, 15) is 9.59 Å². The van der Waals surface area contributed by atoms with Crippen LogP contribution in [0.5, 0.6) is 0 Å². The van der Waals surface area contributed by atoms with Crippen LogP contribution >= 0.6 is 0 Å². The van der Waals surface area contributed by atoms with Crippen LogP contribution in [0.4, 0.5) is 10.5 Å². The first-order valence-corrected chi connectivity index (χ1v) is 10.9. The number of guanidine groups is 1. The predicted molar refractivity (Wildman–Crippen MR) is 124 cm³/mol. The Balaban J connectivity index is 1.45. The fraction of sp³-hybridized carbons (Fsp3) is 0.320. The number of benzene rings is 2. The van der Waals surface area contributed by atoms with Gasteiger partial charge in [-0.15, -0.1) is 0 Å². The lowest BCUT2D eigenvalue weighted by Gasteiger charge is -2.40. The quantitative estimate of drug-likeness (QED) is 0.747. The molecule has 0 spiro atoms. The van der Waals surface area contributed by atoms with Crippen molar-refractivity contribution in [2.45, 2.75) is 39.4 Å². The molecule has 1 saturated heterocycles. The molecular formula is C25H27N5O2. The summed E-state index contributed by atoms with van der Waals surface area (Å²) in [6.07, 6.45) is 2.07. The highest BCUT2D eigenvalue weighted by Crippen LogP contribution is 2.38. The number of hydrogen-bond acceptors (Lipinski definition) is 5. The molecule has 0 aliphatic carbocycles. The maximum atomic E-state index is 13.5. The molecule has 7 heteroatoms. The molecule has 7 nitrogen and oxygen atoms in total. The number of carbonyl (C=O) groups excluding carboxylic acids is 2. The Labute approximate surface area is 188 Å². The number of imide groups is 1. The third kappa shape index (κ3) is 2.99. The third-order valence-corrected chi connectivity index (χ3v) is 6.67. The minimum atomic E-state index is -0.548. The number of hydrogen-bond donors (Lipinski definition) is 0. The van der Waals surface area contributed by atoms with Crippen molar-refractivity contribution in [3.05, 3.63) is 77.1 Å². The van der Waals surface area contributed by atoms with Crippen LogP contribution in [0.2, 0.25) is 0 Å². The van der Waals surface area contributed by atoms with Crippen molar-refractivity contribution >= 4 is 23.6 Å². The largest absolute Gasteiger partial charge is 0.328 e. The molecule has 32 heavy (non-hydrogen) atoms. The summed E-state index contributed by atoms with van der Waals surface area (Å²) in [4.78, 5) is 38.4. The third-order valence-electron chi connectivity index (χ3n) is 6.67. The Hall–Kier alpha value is -3.61. The zero-order chi connectivity index (χ0) is 22.6. The molecule has 2 aromatic rings. The number of nitrogens with zero attached hydrogens (tertiary/aromatic N) is 5. The number of aliphatic imine (C=N–C) groups is 1. The molecule has 3 heterocycles. The summed E-state index contributed by atoms with van der Waals surface area (Å²) >= 11 is 0. The van der Waals surface area contributed by atoms with Gasteiger partial charge in [-0.05, 0) is 49.9 Å². The van der Waals surface area contributed by atoms with Gasteiger partial charge in [-0.3, -0.25) is 14.6 Å². The van der Waals surface area contributed by atoms with E-state index in [1.165, 1.54) is 16.0 Å². The van der Waals surface area contributed by atoms with Gasteiger partial charge in [-0.25, -0.2) is 9.79 Å². The van der Waals surface area contributed by atoms with Crippen LogP contribution < -0.4 is 4.90 Å². The molecule has 2 unspecified atom stereocenters. The maximum absolute atomic E-state index is 13.5. The van der Waals surface area contributed by atoms with E-state index in [0.29, 0.717) is 18.9 Å². The Morgan fingerprint density at radius 2 is 1.72 bits per heavy atom.